The predicted octanol–water partition coefficient (Wildman–Crippen LogP) is 3.29. The number of imidazole rings is 1. The third-order valence-corrected chi connectivity index (χ3v) is 3.83. The van der Waals surface area contributed by atoms with Crippen molar-refractivity contribution in [1.29, 1.82) is 0 Å². The Morgan fingerprint density at radius 2 is 2.10 bits per heavy atom. The molecule has 1 atom stereocenters. The number of nitrogens with zero attached hydrogens (tertiary/aromatic N) is 1. The van der Waals surface area contributed by atoms with Crippen molar-refractivity contribution in [3.8, 4) is 0 Å². The summed E-state index contributed by atoms with van der Waals surface area (Å²) < 4.78 is 0. The number of aromatic nitrogens is 2. The van der Waals surface area contributed by atoms with E-state index in [-0.39, 0.29) is 6.61 Å². The standard InChI is InChI=1S/C15H28ClN3O/c1-3-5-7-14-18-13(15(16)19-14)11-17-10-12(6-4-2)8-9-20/h12,17,20H,3-11H2,1-2H3,(H,18,19). The summed E-state index contributed by atoms with van der Waals surface area (Å²) in [4.78, 5) is 7.65. The highest BCUT2D eigenvalue weighted by Gasteiger charge is 2.10. The normalized spacial score (nSPS) is 12.8. The molecule has 0 aliphatic heterocycles. The Morgan fingerprint density at radius 3 is 2.75 bits per heavy atom. The first-order valence-corrected chi connectivity index (χ1v) is 8.13. The van der Waals surface area contributed by atoms with Gasteiger partial charge in [0.1, 0.15) is 5.82 Å². The summed E-state index contributed by atoms with van der Waals surface area (Å²) in [6.45, 7) is 6.23. The van der Waals surface area contributed by atoms with Gasteiger partial charge < -0.3 is 15.4 Å². The minimum Gasteiger partial charge on any atom is -0.396 e. The van der Waals surface area contributed by atoms with Gasteiger partial charge >= 0.3 is 0 Å². The minimum absolute atomic E-state index is 0.262. The molecular formula is C15H28ClN3O. The molecule has 116 valence electrons. The second-order valence-corrected chi connectivity index (χ2v) is 5.71. The highest BCUT2D eigenvalue weighted by Crippen LogP contribution is 2.15. The average molecular weight is 302 g/mol. The van der Waals surface area contributed by atoms with Crippen molar-refractivity contribution in [2.75, 3.05) is 13.2 Å². The summed E-state index contributed by atoms with van der Waals surface area (Å²) in [5, 5.41) is 13.0. The Hall–Kier alpha value is -0.580. The van der Waals surface area contributed by atoms with Crippen LogP contribution in [0, 0.1) is 5.92 Å². The molecule has 0 aliphatic carbocycles. The number of H-pyrrole nitrogens is 1. The lowest BCUT2D eigenvalue weighted by Crippen LogP contribution is -2.23. The van der Waals surface area contributed by atoms with Gasteiger partial charge in [0, 0.05) is 19.6 Å². The Kier molecular flexibility index (Phi) is 8.90. The quantitative estimate of drug-likeness (QED) is 0.588. The maximum Gasteiger partial charge on any atom is 0.151 e. The van der Waals surface area contributed by atoms with E-state index in [1.54, 1.807) is 0 Å². The number of halogens is 1. The van der Waals surface area contributed by atoms with Gasteiger partial charge in [-0.2, -0.15) is 0 Å². The van der Waals surface area contributed by atoms with Crippen molar-refractivity contribution in [3.63, 3.8) is 0 Å². The van der Waals surface area contributed by atoms with Gasteiger partial charge in [-0.05, 0) is 31.7 Å². The summed E-state index contributed by atoms with van der Waals surface area (Å²) in [6.07, 6.45) is 6.40. The number of aromatic amines is 1. The Bertz CT molecular complexity index is 362. The summed E-state index contributed by atoms with van der Waals surface area (Å²) in [5.74, 6) is 1.51. The molecule has 0 fully saturated rings. The van der Waals surface area contributed by atoms with Gasteiger partial charge in [0.25, 0.3) is 0 Å². The van der Waals surface area contributed by atoms with Gasteiger partial charge in [0.2, 0.25) is 0 Å². The largest absolute Gasteiger partial charge is 0.396 e. The summed E-state index contributed by atoms with van der Waals surface area (Å²) in [5.41, 5.74) is 0.969. The van der Waals surface area contributed by atoms with Crippen LogP contribution in [0.25, 0.3) is 0 Å². The minimum atomic E-state index is 0.262. The zero-order valence-corrected chi connectivity index (χ0v) is 13.5. The first-order valence-electron chi connectivity index (χ1n) is 7.76. The van der Waals surface area contributed by atoms with Crippen molar-refractivity contribution in [2.24, 2.45) is 5.92 Å². The van der Waals surface area contributed by atoms with Crippen LogP contribution in [0.3, 0.4) is 0 Å². The van der Waals surface area contributed by atoms with Crippen LogP contribution in [-0.4, -0.2) is 28.2 Å². The molecule has 4 nitrogen and oxygen atoms in total. The predicted molar refractivity (Wildman–Crippen MR) is 84.0 cm³/mol. The Labute approximate surface area is 127 Å². The first kappa shape index (κ1) is 17.5. The van der Waals surface area contributed by atoms with Gasteiger partial charge in [0.15, 0.2) is 5.15 Å². The van der Waals surface area contributed by atoms with Crippen LogP contribution in [0.2, 0.25) is 5.15 Å². The SMILES string of the molecule is CCCCc1nc(Cl)c(CNCC(CCC)CCO)[nH]1. The number of aliphatic hydroxyl groups excluding tert-OH is 1. The van der Waals surface area contributed by atoms with E-state index in [1.807, 2.05) is 0 Å². The monoisotopic (exact) mass is 301 g/mol. The zero-order valence-electron chi connectivity index (χ0n) is 12.7. The second-order valence-electron chi connectivity index (χ2n) is 5.35. The van der Waals surface area contributed by atoms with Crippen molar-refractivity contribution in [2.45, 2.75) is 58.9 Å². The van der Waals surface area contributed by atoms with Crippen LogP contribution in [0.15, 0.2) is 0 Å². The molecule has 0 aromatic carbocycles. The molecule has 5 heteroatoms. The van der Waals surface area contributed by atoms with E-state index in [1.165, 1.54) is 0 Å². The van der Waals surface area contributed by atoms with Gasteiger partial charge in [0.05, 0.1) is 5.69 Å². The molecule has 1 unspecified atom stereocenters. The summed E-state index contributed by atoms with van der Waals surface area (Å²) >= 11 is 6.14. The smallest absolute Gasteiger partial charge is 0.151 e. The third kappa shape index (κ3) is 6.25. The molecule has 1 aromatic rings. The van der Waals surface area contributed by atoms with Crippen molar-refractivity contribution >= 4 is 11.6 Å². The van der Waals surface area contributed by atoms with E-state index < -0.39 is 0 Å². The Balaban J connectivity index is 2.38. The van der Waals surface area contributed by atoms with Gasteiger partial charge in [-0.3, -0.25) is 0 Å². The summed E-state index contributed by atoms with van der Waals surface area (Å²) in [6, 6.07) is 0. The number of unbranched alkanes of at least 4 members (excludes halogenated alkanes) is 1. The Morgan fingerprint density at radius 1 is 1.30 bits per heavy atom. The molecule has 0 spiro atoms. The molecule has 1 rings (SSSR count). The molecule has 0 bridgehead atoms. The number of aliphatic hydroxyl groups is 1. The molecule has 1 aromatic heterocycles. The average Bonchev–Trinajstić information content (AvgIpc) is 2.77. The molecule has 1 heterocycles. The van der Waals surface area contributed by atoms with Gasteiger partial charge in [-0.1, -0.05) is 38.3 Å². The van der Waals surface area contributed by atoms with Crippen LogP contribution in [0.1, 0.15) is 57.5 Å². The van der Waals surface area contributed by atoms with Crippen LogP contribution < -0.4 is 5.32 Å². The molecule has 0 amide bonds. The number of hydrogen-bond donors (Lipinski definition) is 3. The lowest BCUT2D eigenvalue weighted by molar-refractivity contribution is 0.248. The molecule has 0 saturated heterocycles. The number of hydrogen-bond acceptors (Lipinski definition) is 3. The van der Waals surface area contributed by atoms with E-state index in [9.17, 15) is 0 Å². The fourth-order valence-electron chi connectivity index (χ4n) is 2.36. The second kappa shape index (κ2) is 10.2. The molecule has 3 N–H and O–H groups in total. The summed E-state index contributed by atoms with van der Waals surface area (Å²) in [7, 11) is 0. The maximum atomic E-state index is 9.04. The van der Waals surface area contributed by atoms with Crippen molar-refractivity contribution in [3.05, 3.63) is 16.7 Å². The van der Waals surface area contributed by atoms with E-state index >= 15 is 0 Å². The van der Waals surface area contributed by atoms with Crippen LogP contribution in [0.4, 0.5) is 0 Å². The number of aryl methyl sites for hydroxylation is 1. The maximum absolute atomic E-state index is 9.04. The lowest BCUT2D eigenvalue weighted by atomic mass is 10.0. The van der Waals surface area contributed by atoms with E-state index in [0.29, 0.717) is 17.6 Å². The highest BCUT2D eigenvalue weighted by atomic mass is 35.5. The number of rotatable bonds is 11. The van der Waals surface area contributed by atoms with Gasteiger partial charge in [-0.15, -0.1) is 0 Å². The molecule has 0 radical (unpaired) electrons. The molecule has 0 saturated carbocycles. The number of nitrogens with one attached hydrogen (secondary N) is 2. The molecule has 0 aliphatic rings. The lowest BCUT2D eigenvalue weighted by Gasteiger charge is -2.15. The van der Waals surface area contributed by atoms with Gasteiger partial charge in [-0.25, -0.2) is 4.98 Å². The van der Waals surface area contributed by atoms with E-state index in [4.69, 9.17) is 16.7 Å². The van der Waals surface area contributed by atoms with Crippen molar-refractivity contribution < 1.29 is 5.11 Å². The highest BCUT2D eigenvalue weighted by molar-refractivity contribution is 6.30. The fourth-order valence-corrected chi connectivity index (χ4v) is 2.58. The molecular weight excluding hydrogens is 274 g/mol. The first-order chi connectivity index (χ1) is 9.71. The van der Waals surface area contributed by atoms with Crippen LogP contribution in [-0.2, 0) is 13.0 Å². The van der Waals surface area contributed by atoms with Crippen LogP contribution in [0.5, 0.6) is 0 Å². The van der Waals surface area contributed by atoms with Crippen LogP contribution >= 0.6 is 11.6 Å². The van der Waals surface area contributed by atoms with E-state index in [2.05, 4.69) is 29.1 Å². The third-order valence-electron chi connectivity index (χ3n) is 3.51. The fraction of sp³-hybridized carbons (Fsp3) is 0.800. The topological polar surface area (TPSA) is 60.9 Å². The zero-order chi connectivity index (χ0) is 14.8. The van der Waals surface area contributed by atoms with Crippen molar-refractivity contribution in [1.82, 2.24) is 15.3 Å². The molecule has 20 heavy (non-hydrogen) atoms. The van der Waals surface area contributed by atoms with E-state index in [0.717, 1.165) is 56.6 Å².